The van der Waals surface area contributed by atoms with Gasteiger partial charge in [0.05, 0.1) is 45.8 Å². The summed E-state index contributed by atoms with van der Waals surface area (Å²) in [6.45, 7) is 1.99. The maximum Gasteiger partial charge on any atom is 0.135 e. The van der Waals surface area contributed by atoms with Crippen molar-refractivity contribution in [3.63, 3.8) is 0 Å². The molecule has 7 nitrogen and oxygen atoms in total. The maximum absolute atomic E-state index is 13.9. The number of amidine groups is 1. The van der Waals surface area contributed by atoms with E-state index in [1.165, 1.54) is 18.2 Å². The lowest BCUT2D eigenvalue weighted by molar-refractivity contribution is 0.411. The Morgan fingerprint density at radius 1 is 1.13 bits per heavy atom. The molecule has 2 heterocycles. The number of benzene rings is 2. The Morgan fingerprint density at radius 3 is 2.61 bits per heavy atom. The fourth-order valence-electron chi connectivity index (χ4n) is 4.96. The first kappa shape index (κ1) is 26.3. The van der Waals surface area contributed by atoms with E-state index in [0.717, 1.165) is 53.6 Å². The number of aryl methyl sites for hydroxylation is 1. The number of methoxy groups -OCH3 is 1. The van der Waals surface area contributed by atoms with Crippen LogP contribution in [0.1, 0.15) is 36.8 Å². The van der Waals surface area contributed by atoms with Crippen molar-refractivity contribution in [2.75, 3.05) is 12.4 Å². The highest BCUT2D eigenvalue weighted by molar-refractivity contribution is 6.34. The average molecular weight is 555 g/mol. The van der Waals surface area contributed by atoms with Crippen LogP contribution < -0.4 is 21.5 Å². The molecule has 0 aliphatic heterocycles. The number of halogens is 3. The van der Waals surface area contributed by atoms with Crippen LogP contribution in [0.25, 0.3) is 16.6 Å². The van der Waals surface area contributed by atoms with Gasteiger partial charge in [0.1, 0.15) is 17.4 Å². The minimum Gasteiger partial charge on any atom is -0.497 e. The van der Waals surface area contributed by atoms with Gasteiger partial charge in [-0.25, -0.2) is 13.9 Å². The Labute approximate surface area is 230 Å². The van der Waals surface area contributed by atoms with Crippen LogP contribution in [0.4, 0.5) is 15.8 Å². The molecule has 2 aromatic carbocycles. The largest absolute Gasteiger partial charge is 0.497 e. The van der Waals surface area contributed by atoms with E-state index in [4.69, 9.17) is 39.4 Å². The molecule has 1 fully saturated rings. The van der Waals surface area contributed by atoms with Gasteiger partial charge in [0.15, 0.2) is 0 Å². The molecule has 198 valence electrons. The third kappa shape index (κ3) is 5.29. The molecule has 1 aliphatic rings. The fourth-order valence-corrected chi connectivity index (χ4v) is 5.49. The van der Waals surface area contributed by atoms with Crippen molar-refractivity contribution in [2.45, 2.75) is 44.7 Å². The van der Waals surface area contributed by atoms with Gasteiger partial charge in [-0.1, -0.05) is 23.2 Å². The molecular formula is C28H29Cl2FN6O. The SMILES string of the molecule is COc1cc(C)c(-c2cc3c(NC4CCC(N)CC4)c(C(N)=Nc4cc(F)ccc4Cl)cnn3c2)c(Cl)c1. The number of ether oxygens (including phenoxy) is 1. The minimum atomic E-state index is -0.450. The first-order valence-corrected chi connectivity index (χ1v) is 13.2. The van der Waals surface area contributed by atoms with Crippen molar-refractivity contribution in [1.29, 1.82) is 0 Å². The smallest absolute Gasteiger partial charge is 0.135 e. The van der Waals surface area contributed by atoms with Crippen LogP contribution in [0.15, 0.2) is 53.8 Å². The molecule has 0 radical (unpaired) electrons. The first-order chi connectivity index (χ1) is 18.2. The number of aromatic nitrogens is 2. The summed E-state index contributed by atoms with van der Waals surface area (Å²) in [6, 6.07) is 10.2. The van der Waals surface area contributed by atoms with E-state index >= 15 is 0 Å². The van der Waals surface area contributed by atoms with Crippen molar-refractivity contribution < 1.29 is 9.13 Å². The highest BCUT2D eigenvalue weighted by atomic mass is 35.5. The van der Waals surface area contributed by atoms with E-state index in [9.17, 15) is 4.39 Å². The molecular weight excluding hydrogens is 526 g/mol. The predicted octanol–water partition coefficient (Wildman–Crippen LogP) is 6.48. The Balaban J connectivity index is 1.64. The Bertz CT molecular complexity index is 1500. The summed E-state index contributed by atoms with van der Waals surface area (Å²) < 4.78 is 21.0. The molecule has 5 rings (SSSR count). The maximum atomic E-state index is 13.9. The Kier molecular flexibility index (Phi) is 7.47. The topological polar surface area (TPSA) is 103 Å². The molecule has 4 aromatic rings. The van der Waals surface area contributed by atoms with Gasteiger partial charge in [-0.15, -0.1) is 0 Å². The average Bonchev–Trinajstić information content (AvgIpc) is 3.31. The molecule has 0 unspecified atom stereocenters. The molecule has 0 atom stereocenters. The number of fused-ring (bicyclic) bond motifs is 1. The van der Waals surface area contributed by atoms with E-state index in [-0.39, 0.29) is 23.6 Å². The van der Waals surface area contributed by atoms with E-state index in [1.54, 1.807) is 23.9 Å². The lowest BCUT2D eigenvalue weighted by Gasteiger charge is -2.28. The molecule has 0 spiro atoms. The molecule has 0 amide bonds. The van der Waals surface area contributed by atoms with Gasteiger partial charge in [-0.2, -0.15) is 5.10 Å². The number of nitrogens with zero attached hydrogens (tertiary/aromatic N) is 3. The molecule has 1 saturated carbocycles. The highest BCUT2D eigenvalue weighted by Crippen LogP contribution is 2.38. The number of aliphatic imine (C=N–C) groups is 1. The summed E-state index contributed by atoms with van der Waals surface area (Å²) in [5.74, 6) is 0.414. The second kappa shape index (κ2) is 10.8. The van der Waals surface area contributed by atoms with Crippen molar-refractivity contribution in [3.8, 4) is 16.9 Å². The summed E-state index contributed by atoms with van der Waals surface area (Å²) in [5.41, 5.74) is 17.8. The molecule has 0 bridgehead atoms. The van der Waals surface area contributed by atoms with Gasteiger partial charge < -0.3 is 21.5 Å². The summed E-state index contributed by atoms with van der Waals surface area (Å²) in [4.78, 5) is 4.45. The highest BCUT2D eigenvalue weighted by Gasteiger charge is 2.23. The number of anilines is 1. The Hall–Kier alpha value is -3.33. The van der Waals surface area contributed by atoms with Gasteiger partial charge in [-0.05, 0) is 68.5 Å². The predicted molar refractivity (Wildman–Crippen MR) is 153 cm³/mol. The summed E-state index contributed by atoms with van der Waals surface area (Å²) in [7, 11) is 1.61. The van der Waals surface area contributed by atoms with Gasteiger partial charge in [0, 0.05) is 35.5 Å². The zero-order valence-corrected chi connectivity index (χ0v) is 22.7. The molecule has 38 heavy (non-hydrogen) atoms. The number of hydrogen-bond donors (Lipinski definition) is 3. The van der Waals surface area contributed by atoms with E-state index in [2.05, 4.69) is 15.4 Å². The van der Waals surface area contributed by atoms with Crippen LogP contribution in [0.5, 0.6) is 5.75 Å². The van der Waals surface area contributed by atoms with E-state index in [0.29, 0.717) is 21.4 Å². The molecule has 10 heteroatoms. The van der Waals surface area contributed by atoms with Crippen molar-refractivity contribution >= 4 is 45.9 Å². The normalized spacial score (nSPS) is 18.1. The van der Waals surface area contributed by atoms with E-state index in [1.807, 2.05) is 25.3 Å². The van der Waals surface area contributed by atoms with Crippen LogP contribution in [0.2, 0.25) is 10.0 Å². The number of rotatable bonds is 6. The van der Waals surface area contributed by atoms with Crippen LogP contribution >= 0.6 is 23.2 Å². The fraction of sp³-hybridized carbons (Fsp3) is 0.286. The van der Waals surface area contributed by atoms with Crippen molar-refractivity contribution in [3.05, 3.63) is 75.8 Å². The van der Waals surface area contributed by atoms with Crippen LogP contribution in [0.3, 0.4) is 0 Å². The third-order valence-corrected chi connectivity index (χ3v) is 7.59. The molecule has 1 aliphatic carbocycles. The molecule has 0 saturated heterocycles. The summed E-state index contributed by atoms with van der Waals surface area (Å²) >= 11 is 12.9. The van der Waals surface area contributed by atoms with Crippen LogP contribution in [-0.4, -0.2) is 34.6 Å². The van der Waals surface area contributed by atoms with Crippen LogP contribution in [-0.2, 0) is 0 Å². The van der Waals surface area contributed by atoms with Crippen molar-refractivity contribution in [1.82, 2.24) is 9.61 Å². The number of nitrogens with two attached hydrogens (primary N) is 2. The lowest BCUT2D eigenvalue weighted by atomic mass is 9.91. The second-order valence-corrected chi connectivity index (χ2v) is 10.5. The number of hydrogen-bond acceptors (Lipinski definition) is 5. The zero-order valence-electron chi connectivity index (χ0n) is 21.1. The number of nitrogens with one attached hydrogen (secondary N) is 1. The van der Waals surface area contributed by atoms with Gasteiger partial charge in [-0.3, -0.25) is 0 Å². The molecule has 2 aromatic heterocycles. The van der Waals surface area contributed by atoms with Gasteiger partial charge >= 0.3 is 0 Å². The van der Waals surface area contributed by atoms with Gasteiger partial charge in [0.2, 0.25) is 0 Å². The zero-order chi connectivity index (χ0) is 27.0. The van der Waals surface area contributed by atoms with E-state index < -0.39 is 5.82 Å². The summed E-state index contributed by atoms with van der Waals surface area (Å²) in [6.07, 6.45) is 7.31. The third-order valence-electron chi connectivity index (χ3n) is 6.97. The second-order valence-electron chi connectivity index (χ2n) is 9.64. The van der Waals surface area contributed by atoms with Crippen molar-refractivity contribution in [2.24, 2.45) is 16.5 Å². The van der Waals surface area contributed by atoms with Crippen LogP contribution in [0, 0.1) is 12.7 Å². The molecule has 5 N–H and O–H groups in total. The standard InChI is InChI=1S/C28H29Cl2FN6O/c1-15-9-20(38-2)12-23(30)26(15)16-10-25-27(35-19-6-4-18(32)5-7-19)21(13-34-37(25)14-16)28(33)36-24-11-17(31)3-8-22(24)29/h3,8-14,18-19,35H,4-7,32H2,1-2H3,(H2,33,36). The van der Waals surface area contributed by atoms with Gasteiger partial charge in [0.25, 0.3) is 0 Å². The minimum absolute atomic E-state index is 0.170. The first-order valence-electron chi connectivity index (χ1n) is 12.4. The Morgan fingerprint density at radius 2 is 1.89 bits per heavy atom. The lowest BCUT2D eigenvalue weighted by Crippen LogP contribution is -2.33. The monoisotopic (exact) mass is 554 g/mol. The summed E-state index contributed by atoms with van der Waals surface area (Å²) in [5, 5.41) is 9.17. The quantitative estimate of drug-likeness (QED) is 0.187.